The second-order valence-electron chi connectivity index (χ2n) is 6.23. The maximum atomic E-state index is 13.0. The van der Waals surface area contributed by atoms with Crippen LogP contribution in [0.3, 0.4) is 0 Å². The summed E-state index contributed by atoms with van der Waals surface area (Å²) in [6.07, 6.45) is -0.281. The van der Waals surface area contributed by atoms with Crippen molar-refractivity contribution in [3.63, 3.8) is 0 Å². The van der Waals surface area contributed by atoms with Crippen molar-refractivity contribution in [3.8, 4) is 0 Å². The molecular weight excluding hydrogens is 457 g/mol. The monoisotopic (exact) mass is 471 g/mol. The largest absolute Gasteiger partial charge is 0.423 e. The lowest BCUT2D eigenvalue weighted by Crippen LogP contribution is -2.43. The van der Waals surface area contributed by atoms with Crippen LogP contribution in [0.4, 0.5) is 23.7 Å². The third-order valence-electron chi connectivity index (χ3n) is 4.05. The quantitative estimate of drug-likeness (QED) is 0.556. The summed E-state index contributed by atoms with van der Waals surface area (Å²) in [5.74, 6) is 0. The third-order valence-corrected chi connectivity index (χ3v) is 6.03. The van der Waals surface area contributed by atoms with Gasteiger partial charge in [0.25, 0.3) is 0 Å². The van der Waals surface area contributed by atoms with Gasteiger partial charge in [-0.05, 0) is 35.9 Å². The number of carbonyl (C=O) groups excluding carboxylic acids is 1. The Bertz CT molecular complexity index is 1190. The summed E-state index contributed by atoms with van der Waals surface area (Å²) >= 11 is 5.53. The van der Waals surface area contributed by atoms with E-state index in [4.69, 9.17) is 11.6 Å². The maximum Gasteiger partial charge on any atom is 0.423 e. The highest BCUT2D eigenvalue weighted by molar-refractivity contribution is 7.85. The lowest BCUT2D eigenvalue weighted by molar-refractivity contribution is -0.513. The Hall–Kier alpha value is -3.18. The molecule has 0 fully saturated rings. The molecule has 2 aromatic heterocycles. The van der Waals surface area contributed by atoms with Gasteiger partial charge in [-0.15, -0.1) is 0 Å². The fourth-order valence-electron chi connectivity index (χ4n) is 2.51. The number of nitrogens with one attached hydrogen (secondary N) is 2. The number of hydrogen-bond donors (Lipinski definition) is 2. The Labute approximate surface area is 180 Å². The second kappa shape index (κ2) is 8.90. The maximum absolute atomic E-state index is 13.0. The van der Waals surface area contributed by atoms with E-state index in [1.807, 2.05) is 0 Å². The van der Waals surface area contributed by atoms with Gasteiger partial charge >= 0.3 is 22.2 Å². The zero-order valence-corrected chi connectivity index (χ0v) is 17.2. The van der Waals surface area contributed by atoms with Crippen LogP contribution >= 0.6 is 11.6 Å². The van der Waals surface area contributed by atoms with E-state index in [1.165, 1.54) is 24.3 Å². The predicted molar refractivity (Wildman–Crippen MR) is 106 cm³/mol. The van der Waals surface area contributed by atoms with Crippen LogP contribution in [-0.4, -0.2) is 19.4 Å². The minimum absolute atomic E-state index is 0.237. The number of alkyl halides is 3. The summed E-state index contributed by atoms with van der Waals surface area (Å²) in [4.78, 5) is 15.6. The minimum atomic E-state index is -4.81. The number of urea groups is 1. The summed E-state index contributed by atoms with van der Waals surface area (Å²) in [7, 11) is -4.31. The molecule has 0 atom stereocenters. The van der Waals surface area contributed by atoms with Crippen LogP contribution in [0.25, 0.3) is 0 Å². The fourth-order valence-corrected chi connectivity index (χ4v) is 3.91. The number of pyridine rings is 2. The third kappa shape index (κ3) is 5.50. The van der Waals surface area contributed by atoms with Crippen molar-refractivity contribution in [2.45, 2.75) is 17.6 Å². The molecule has 31 heavy (non-hydrogen) atoms. The smallest absolute Gasteiger partial charge is 0.334 e. The highest BCUT2D eigenvalue weighted by Crippen LogP contribution is 2.33. The van der Waals surface area contributed by atoms with Crippen LogP contribution in [0.15, 0.2) is 72.1 Å². The highest BCUT2D eigenvalue weighted by atomic mass is 35.5. The van der Waals surface area contributed by atoms with Gasteiger partial charge in [0.05, 0.1) is 5.02 Å². The van der Waals surface area contributed by atoms with Crippen molar-refractivity contribution in [3.05, 3.63) is 83.4 Å². The van der Waals surface area contributed by atoms with Crippen LogP contribution in [0.2, 0.25) is 5.02 Å². The molecule has 0 spiro atoms. The highest BCUT2D eigenvalue weighted by Gasteiger charge is 2.38. The molecule has 0 saturated heterocycles. The van der Waals surface area contributed by atoms with E-state index in [1.54, 1.807) is 24.5 Å². The van der Waals surface area contributed by atoms with E-state index in [0.717, 1.165) is 17.8 Å². The molecule has 2 N–H and O–H groups in total. The van der Waals surface area contributed by atoms with Crippen LogP contribution in [-0.2, 0) is 22.7 Å². The summed E-state index contributed by atoms with van der Waals surface area (Å²) < 4.78 is 64.8. The van der Waals surface area contributed by atoms with Crippen molar-refractivity contribution >= 4 is 33.3 Å². The molecule has 0 aliphatic rings. The van der Waals surface area contributed by atoms with E-state index in [9.17, 15) is 26.4 Å². The second-order valence-corrected chi connectivity index (χ2v) is 8.48. The molecule has 12 heteroatoms. The molecule has 162 valence electrons. The van der Waals surface area contributed by atoms with Gasteiger partial charge in [0.1, 0.15) is 10.5 Å². The van der Waals surface area contributed by atoms with Crippen molar-refractivity contribution in [1.29, 1.82) is 0 Å². The van der Waals surface area contributed by atoms with Gasteiger partial charge in [0.15, 0.2) is 6.20 Å². The first-order chi connectivity index (χ1) is 14.6. The topological polar surface area (TPSA) is 92.0 Å². The summed E-state index contributed by atoms with van der Waals surface area (Å²) in [5, 5.41) is 4.53. The van der Waals surface area contributed by atoms with Gasteiger partial charge in [-0.3, -0.25) is 4.98 Å². The molecular formula is C19H15ClF3N4O3S+. The van der Waals surface area contributed by atoms with Gasteiger partial charge in [0, 0.05) is 30.7 Å². The molecule has 0 bridgehead atoms. The van der Waals surface area contributed by atoms with E-state index >= 15 is 0 Å². The Morgan fingerprint density at radius 1 is 1.13 bits per heavy atom. The van der Waals surface area contributed by atoms with Crippen LogP contribution in [0, 0.1) is 0 Å². The molecule has 0 radical (unpaired) electrons. The van der Waals surface area contributed by atoms with Gasteiger partial charge in [-0.1, -0.05) is 21.6 Å². The number of carbonyl (C=O) groups is 1. The molecule has 0 aliphatic heterocycles. The Balaban J connectivity index is 1.72. The average molecular weight is 472 g/mol. The Kier molecular flexibility index (Phi) is 6.46. The van der Waals surface area contributed by atoms with Crippen LogP contribution in [0.5, 0.6) is 0 Å². The number of nitrogens with zero attached hydrogens (tertiary/aromatic N) is 2. The Morgan fingerprint density at radius 2 is 1.84 bits per heavy atom. The molecule has 0 unspecified atom stereocenters. The minimum Gasteiger partial charge on any atom is -0.334 e. The molecule has 2 amide bonds. The molecule has 7 nitrogen and oxygen atoms in total. The van der Waals surface area contributed by atoms with E-state index in [-0.39, 0.29) is 11.4 Å². The van der Waals surface area contributed by atoms with Gasteiger partial charge in [0.2, 0.25) is 6.20 Å². The normalized spacial score (nSPS) is 11.7. The van der Waals surface area contributed by atoms with Crippen molar-refractivity contribution in [2.75, 3.05) is 5.32 Å². The standard InChI is InChI=1S/C19H14ClF3N4O3S/c20-17-7-9-27(12-16(17)19(21,22)23)31(29,30)15-5-3-14(4-6-15)26-18(28)25-11-13-2-1-8-24-10-13/h1-10,12H,11H2,(H-,25,26,28)/p+1. The van der Waals surface area contributed by atoms with Crippen molar-refractivity contribution in [1.82, 2.24) is 10.3 Å². The number of rotatable bonds is 5. The molecule has 0 saturated carbocycles. The van der Waals surface area contributed by atoms with Gasteiger partial charge < -0.3 is 10.6 Å². The summed E-state index contributed by atoms with van der Waals surface area (Å²) in [6, 6.07) is 8.80. The first-order valence-corrected chi connectivity index (χ1v) is 10.5. The molecule has 3 rings (SSSR count). The molecule has 3 aromatic rings. The van der Waals surface area contributed by atoms with Crippen molar-refractivity contribution in [2.24, 2.45) is 0 Å². The average Bonchev–Trinajstić information content (AvgIpc) is 2.73. The number of hydrogen-bond acceptors (Lipinski definition) is 4. The number of aromatic nitrogens is 2. The predicted octanol–water partition coefficient (Wildman–Crippen LogP) is 3.60. The SMILES string of the molecule is O=C(NCc1cccnc1)Nc1ccc(S(=O)(=O)[n+]2ccc(Cl)c(C(F)(F)F)c2)cc1. The lowest BCUT2D eigenvalue weighted by Gasteiger charge is -2.09. The molecule has 1 aromatic carbocycles. The summed E-state index contributed by atoms with van der Waals surface area (Å²) in [5.41, 5.74) is -0.194. The summed E-state index contributed by atoms with van der Waals surface area (Å²) in [6.45, 7) is 0.237. The van der Waals surface area contributed by atoms with Gasteiger partial charge in [-0.25, -0.2) is 4.79 Å². The van der Waals surface area contributed by atoms with E-state index < -0.39 is 32.8 Å². The van der Waals surface area contributed by atoms with Crippen molar-refractivity contribution < 1.29 is 30.4 Å². The molecule has 0 aliphatic carbocycles. The van der Waals surface area contributed by atoms with E-state index in [0.29, 0.717) is 15.9 Å². The molecule has 2 heterocycles. The Morgan fingerprint density at radius 3 is 2.45 bits per heavy atom. The van der Waals surface area contributed by atoms with E-state index in [2.05, 4.69) is 15.6 Å². The zero-order valence-electron chi connectivity index (χ0n) is 15.6. The van der Waals surface area contributed by atoms with Gasteiger partial charge in [-0.2, -0.15) is 21.6 Å². The first-order valence-electron chi connectivity index (χ1n) is 8.65. The number of benzene rings is 1. The van der Waals surface area contributed by atoms with Crippen LogP contribution in [0.1, 0.15) is 11.1 Å². The number of amides is 2. The fraction of sp³-hybridized carbons (Fsp3) is 0.105. The number of anilines is 1. The first kappa shape index (κ1) is 22.5. The zero-order chi connectivity index (χ0) is 22.6. The lowest BCUT2D eigenvalue weighted by atomic mass is 10.3. The number of halogens is 4. The van der Waals surface area contributed by atoms with Crippen LogP contribution < -0.4 is 14.6 Å².